The summed E-state index contributed by atoms with van der Waals surface area (Å²) in [6.45, 7) is 0. The molecule has 1 heterocycles. The van der Waals surface area contributed by atoms with E-state index in [4.69, 9.17) is 5.26 Å². The lowest BCUT2D eigenvalue weighted by molar-refractivity contribution is -0.139. The van der Waals surface area contributed by atoms with Crippen molar-refractivity contribution in [2.75, 3.05) is 0 Å². The predicted molar refractivity (Wildman–Crippen MR) is 95.5 cm³/mol. The van der Waals surface area contributed by atoms with Crippen LogP contribution in [0.1, 0.15) is 21.5 Å². The number of carbonyl (C=O) groups excluding carboxylic acids is 1. The molecule has 6 heteroatoms. The fraction of sp³-hybridized carbons (Fsp3) is 0.100. The van der Waals surface area contributed by atoms with Crippen LogP contribution in [-0.2, 0) is 11.2 Å². The van der Waals surface area contributed by atoms with Gasteiger partial charge >= 0.3 is 5.97 Å². The van der Waals surface area contributed by atoms with Gasteiger partial charge in [-0.2, -0.15) is 5.26 Å². The highest BCUT2D eigenvalue weighted by Gasteiger charge is 2.22. The van der Waals surface area contributed by atoms with E-state index < -0.39 is 17.9 Å². The number of nitriles is 1. The zero-order valence-electron chi connectivity index (χ0n) is 13.7. The van der Waals surface area contributed by atoms with Gasteiger partial charge in [0, 0.05) is 18.0 Å². The van der Waals surface area contributed by atoms with Gasteiger partial charge in [-0.15, -0.1) is 0 Å². The van der Waals surface area contributed by atoms with Gasteiger partial charge in [0.1, 0.15) is 6.04 Å². The zero-order valence-corrected chi connectivity index (χ0v) is 13.7. The molecule has 0 spiro atoms. The van der Waals surface area contributed by atoms with Gasteiger partial charge in [-0.1, -0.05) is 30.3 Å². The SMILES string of the molecule is N#Cc1ccc(C[C@@H](NC(=O)c2cccc3cccnc23)C(=O)O)cc1. The molecule has 0 fully saturated rings. The van der Waals surface area contributed by atoms with Crippen LogP contribution in [0.15, 0.2) is 60.8 Å². The molecule has 1 amide bonds. The van der Waals surface area contributed by atoms with E-state index in [1.54, 1.807) is 48.7 Å². The molecule has 0 saturated carbocycles. The van der Waals surface area contributed by atoms with Gasteiger partial charge in [0.2, 0.25) is 0 Å². The van der Waals surface area contributed by atoms with Gasteiger partial charge in [-0.25, -0.2) is 4.79 Å². The molecule has 1 atom stereocenters. The van der Waals surface area contributed by atoms with Gasteiger partial charge in [-0.3, -0.25) is 9.78 Å². The molecule has 6 nitrogen and oxygen atoms in total. The molecule has 128 valence electrons. The van der Waals surface area contributed by atoms with Crippen LogP contribution in [0.2, 0.25) is 0 Å². The van der Waals surface area contributed by atoms with Gasteiger partial charge < -0.3 is 10.4 Å². The maximum absolute atomic E-state index is 12.6. The number of carboxylic acids is 1. The summed E-state index contributed by atoms with van der Waals surface area (Å²) >= 11 is 0. The maximum atomic E-state index is 12.6. The Morgan fingerprint density at radius 2 is 1.85 bits per heavy atom. The lowest BCUT2D eigenvalue weighted by Crippen LogP contribution is -2.42. The van der Waals surface area contributed by atoms with Crippen LogP contribution >= 0.6 is 0 Å². The van der Waals surface area contributed by atoms with Crippen molar-refractivity contribution in [1.29, 1.82) is 5.26 Å². The van der Waals surface area contributed by atoms with Gasteiger partial charge in [0.15, 0.2) is 0 Å². The third kappa shape index (κ3) is 3.68. The van der Waals surface area contributed by atoms with Crippen molar-refractivity contribution in [2.24, 2.45) is 0 Å². The number of para-hydroxylation sites is 1. The van der Waals surface area contributed by atoms with Gasteiger partial charge in [0.05, 0.1) is 22.7 Å². The number of amides is 1. The van der Waals surface area contributed by atoms with Crippen LogP contribution in [0, 0.1) is 11.3 Å². The molecule has 0 aliphatic carbocycles. The second-order valence-electron chi connectivity index (χ2n) is 5.76. The normalized spacial score (nSPS) is 11.5. The summed E-state index contributed by atoms with van der Waals surface area (Å²) in [5.41, 5.74) is 2.06. The number of carboxylic acid groups (broad SMARTS) is 1. The predicted octanol–water partition coefficient (Wildman–Crippen LogP) is 2.53. The molecular weight excluding hydrogens is 330 g/mol. The van der Waals surface area contributed by atoms with E-state index >= 15 is 0 Å². The van der Waals surface area contributed by atoms with Gasteiger partial charge in [-0.05, 0) is 29.8 Å². The topological polar surface area (TPSA) is 103 Å². The summed E-state index contributed by atoms with van der Waals surface area (Å²) in [4.78, 5) is 28.4. The number of rotatable bonds is 5. The van der Waals surface area contributed by atoms with E-state index in [0.29, 0.717) is 22.2 Å². The highest BCUT2D eigenvalue weighted by Crippen LogP contribution is 2.16. The second-order valence-corrected chi connectivity index (χ2v) is 5.76. The summed E-state index contributed by atoms with van der Waals surface area (Å²) in [6, 6.07) is 16.3. The number of benzene rings is 2. The Morgan fingerprint density at radius 3 is 2.54 bits per heavy atom. The highest BCUT2D eigenvalue weighted by atomic mass is 16.4. The van der Waals surface area contributed by atoms with Crippen molar-refractivity contribution < 1.29 is 14.7 Å². The van der Waals surface area contributed by atoms with Crippen LogP contribution in [0.25, 0.3) is 10.9 Å². The van der Waals surface area contributed by atoms with Crippen LogP contribution in [0.3, 0.4) is 0 Å². The molecular formula is C20H15N3O3. The number of fused-ring (bicyclic) bond motifs is 1. The molecule has 3 rings (SSSR count). The smallest absolute Gasteiger partial charge is 0.326 e. The monoisotopic (exact) mass is 345 g/mol. The number of pyridine rings is 1. The van der Waals surface area contributed by atoms with Crippen LogP contribution < -0.4 is 5.32 Å². The number of hydrogen-bond donors (Lipinski definition) is 2. The molecule has 26 heavy (non-hydrogen) atoms. The fourth-order valence-electron chi connectivity index (χ4n) is 2.67. The molecule has 0 aliphatic heterocycles. The third-order valence-corrected chi connectivity index (χ3v) is 4.00. The summed E-state index contributed by atoms with van der Waals surface area (Å²) in [7, 11) is 0. The minimum Gasteiger partial charge on any atom is -0.480 e. The summed E-state index contributed by atoms with van der Waals surface area (Å²) < 4.78 is 0. The first-order valence-corrected chi connectivity index (χ1v) is 7.95. The van der Waals surface area contributed by atoms with Crippen molar-refractivity contribution in [3.63, 3.8) is 0 Å². The summed E-state index contributed by atoms with van der Waals surface area (Å²) in [6.07, 6.45) is 1.70. The first kappa shape index (κ1) is 17.1. The molecule has 2 N–H and O–H groups in total. The van der Waals surface area contributed by atoms with E-state index in [2.05, 4.69) is 10.3 Å². The van der Waals surface area contributed by atoms with E-state index in [1.165, 1.54) is 0 Å². The Balaban J connectivity index is 1.82. The van der Waals surface area contributed by atoms with Crippen molar-refractivity contribution in [3.8, 4) is 6.07 Å². The summed E-state index contributed by atoms with van der Waals surface area (Å²) in [5, 5.41) is 21.6. The van der Waals surface area contributed by atoms with Crippen LogP contribution in [-0.4, -0.2) is 28.0 Å². The molecule has 0 unspecified atom stereocenters. The number of nitrogens with one attached hydrogen (secondary N) is 1. The average Bonchev–Trinajstić information content (AvgIpc) is 2.67. The molecule has 0 radical (unpaired) electrons. The molecule has 0 aliphatic rings. The van der Waals surface area contributed by atoms with E-state index in [9.17, 15) is 14.7 Å². The third-order valence-electron chi connectivity index (χ3n) is 4.00. The first-order chi connectivity index (χ1) is 12.6. The average molecular weight is 345 g/mol. The zero-order chi connectivity index (χ0) is 18.5. The minimum atomic E-state index is -1.13. The quantitative estimate of drug-likeness (QED) is 0.739. The Bertz CT molecular complexity index is 1000. The molecule has 3 aromatic rings. The number of aromatic nitrogens is 1. The van der Waals surface area contributed by atoms with E-state index in [0.717, 1.165) is 5.39 Å². The standard InChI is InChI=1S/C20H15N3O3/c21-12-14-8-6-13(7-9-14)11-17(20(25)26)23-19(24)16-5-1-3-15-4-2-10-22-18(15)16/h1-10,17H,11H2,(H,23,24)(H,25,26)/t17-/m1/s1. The molecule has 0 bridgehead atoms. The van der Waals surface area contributed by atoms with Crippen molar-refractivity contribution >= 4 is 22.8 Å². The fourth-order valence-corrected chi connectivity index (χ4v) is 2.67. The number of carbonyl (C=O) groups is 2. The van der Waals surface area contributed by atoms with Crippen LogP contribution in [0.4, 0.5) is 0 Å². The van der Waals surface area contributed by atoms with Gasteiger partial charge in [0.25, 0.3) is 5.91 Å². The molecule has 1 aromatic heterocycles. The van der Waals surface area contributed by atoms with Crippen molar-refractivity contribution in [2.45, 2.75) is 12.5 Å². The number of hydrogen-bond acceptors (Lipinski definition) is 4. The largest absolute Gasteiger partial charge is 0.480 e. The molecule has 2 aromatic carbocycles. The second kappa shape index (κ2) is 7.45. The number of aliphatic carboxylic acids is 1. The van der Waals surface area contributed by atoms with E-state index in [1.807, 2.05) is 18.2 Å². The van der Waals surface area contributed by atoms with Crippen molar-refractivity contribution in [3.05, 3.63) is 77.5 Å². The molecule has 0 saturated heterocycles. The summed E-state index contributed by atoms with van der Waals surface area (Å²) in [5.74, 6) is -1.62. The Morgan fingerprint density at radius 1 is 1.12 bits per heavy atom. The van der Waals surface area contributed by atoms with Crippen molar-refractivity contribution in [1.82, 2.24) is 10.3 Å². The maximum Gasteiger partial charge on any atom is 0.326 e. The Labute approximate surface area is 149 Å². The lowest BCUT2D eigenvalue weighted by atomic mass is 10.0. The minimum absolute atomic E-state index is 0.116. The lowest BCUT2D eigenvalue weighted by Gasteiger charge is -2.15. The first-order valence-electron chi connectivity index (χ1n) is 7.95. The highest BCUT2D eigenvalue weighted by molar-refractivity contribution is 6.06. The van der Waals surface area contributed by atoms with Crippen LogP contribution in [0.5, 0.6) is 0 Å². The Hall–Kier alpha value is -3.72. The Kier molecular flexibility index (Phi) is 4.90. The number of nitrogens with zero attached hydrogens (tertiary/aromatic N) is 2. The van der Waals surface area contributed by atoms with E-state index in [-0.39, 0.29) is 6.42 Å².